The van der Waals surface area contributed by atoms with E-state index in [1.165, 1.54) is 11.7 Å². The maximum absolute atomic E-state index is 13.2. The number of rotatable bonds is 8. The topological polar surface area (TPSA) is 113 Å². The Labute approximate surface area is 212 Å². The molecule has 35 heavy (non-hydrogen) atoms. The van der Waals surface area contributed by atoms with Gasteiger partial charge in [-0.05, 0) is 61.1 Å². The predicted octanol–water partition coefficient (Wildman–Crippen LogP) is 4.63. The molecule has 1 aliphatic heterocycles. The summed E-state index contributed by atoms with van der Waals surface area (Å²) in [7, 11) is 4.40. The van der Waals surface area contributed by atoms with Crippen LogP contribution in [0.2, 0.25) is 5.02 Å². The number of ether oxygens (including phenoxy) is 3. The third-order valence-corrected chi connectivity index (χ3v) is 8.20. The number of carbonyl (C=O) groups excluding carboxylic acids is 2. The summed E-state index contributed by atoms with van der Waals surface area (Å²) in [6.07, 6.45) is 5.44. The molecule has 1 atom stereocenters. The molecule has 1 aromatic heterocycles. The maximum Gasteiger partial charge on any atom is 0.376 e. The number of hydrogen-bond donors (Lipinski definition) is 1. The molecule has 188 valence electrons. The molecule has 1 aliphatic carbocycles. The highest BCUT2D eigenvalue weighted by Gasteiger charge is 2.48. The van der Waals surface area contributed by atoms with E-state index in [2.05, 4.69) is 10.2 Å². The van der Waals surface area contributed by atoms with Gasteiger partial charge >= 0.3 is 11.9 Å². The lowest BCUT2D eigenvalue weighted by Gasteiger charge is -2.41. The van der Waals surface area contributed by atoms with Crippen molar-refractivity contribution in [2.24, 2.45) is 13.0 Å². The van der Waals surface area contributed by atoms with Crippen molar-refractivity contribution in [3.05, 3.63) is 45.3 Å². The molecule has 1 N–H and O–H groups in total. The molecule has 0 radical (unpaired) electrons. The lowest BCUT2D eigenvalue weighted by Crippen LogP contribution is -2.45. The number of aryl methyl sites for hydroxylation is 1. The van der Waals surface area contributed by atoms with Gasteiger partial charge in [0.15, 0.2) is 5.16 Å². The molecule has 1 saturated carbocycles. The van der Waals surface area contributed by atoms with E-state index in [1.54, 1.807) is 14.2 Å². The van der Waals surface area contributed by atoms with Gasteiger partial charge in [-0.2, -0.15) is 0 Å². The molecule has 1 unspecified atom stereocenters. The Balaban J connectivity index is 1.57. The molecule has 0 bridgehead atoms. The third kappa shape index (κ3) is 5.13. The lowest BCUT2D eigenvalue weighted by atomic mass is 9.77. The fourth-order valence-electron chi connectivity index (χ4n) is 4.86. The van der Waals surface area contributed by atoms with E-state index in [0.717, 1.165) is 43.0 Å². The number of esters is 2. The highest BCUT2D eigenvalue weighted by molar-refractivity contribution is 8.03. The van der Waals surface area contributed by atoms with Crippen LogP contribution in [0.25, 0.3) is 0 Å². The number of cyclic esters (lactones) is 1. The van der Waals surface area contributed by atoms with E-state index in [9.17, 15) is 14.7 Å². The summed E-state index contributed by atoms with van der Waals surface area (Å²) in [6.45, 7) is 0. The van der Waals surface area contributed by atoms with Crippen molar-refractivity contribution in [3.63, 3.8) is 0 Å². The first-order chi connectivity index (χ1) is 16.8. The molecule has 1 fully saturated rings. The molecule has 2 aliphatic rings. The molecule has 9 nitrogen and oxygen atoms in total. The first-order valence-electron chi connectivity index (χ1n) is 11.4. The Morgan fingerprint density at radius 3 is 2.69 bits per heavy atom. The third-order valence-electron chi connectivity index (χ3n) is 6.76. The van der Waals surface area contributed by atoms with Gasteiger partial charge in [-0.15, -0.1) is 10.2 Å². The van der Waals surface area contributed by atoms with Gasteiger partial charge in [0, 0.05) is 13.5 Å². The van der Waals surface area contributed by atoms with Gasteiger partial charge in [0.1, 0.15) is 22.0 Å². The van der Waals surface area contributed by atoms with Crippen LogP contribution < -0.4 is 4.74 Å². The second-order valence-corrected chi connectivity index (χ2v) is 10.2. The van der Waals surface area contributed by atoms with E-state index in [-0.39, 0.29) is 34.0 Å². The summed E-state index contributed by atoms with van der Waals surface area (Å²) >= 11 is 7.22. The van der Waals surface area contributed by atoms with E-state index in [4.69, 9.17) is 25.8 Å². The zero-order valence-corrected chi connectivity index (χ0v) is 21.4. The largest absolute Gasteiger partial charge is 0.511 e. The van der Waals surface area contributed by atoms with E-state index >= 15 is 0 Å². The van der Waals surface area contributed by atoms with Crippen molar-refractivity contribution in [2.75, 3.05) is 14.2 Å². The summed E-state index contributed by atoms with van der Waals surface area (Å²) in [5.41, 5.74) is 0.202. The smallest absolute Gasteiger partial charge is 0.376 e. The summed E-state index contributed by atoms with van der Waals surface area (Å²) in [5, 5.41) is 19.6. The summed E-state index contributed by atoms with van der Waals surface area (Å²) < 4.78 is 17.5. The number of nitrogens with zero attached hydrogens (tertiary/aromatic N) is 3. The Bertz CT molecular complexity index is 1160. The van der Waals surface area contributed by atoms with Crippen LogP contribution in [0, 0.1) is 5.92 Å². The molecule has 1 aromatic carbocycles. The van der Waals surface area contributed by atoms with E-state index in [0.29, 0.717) is 23.6 Å². The fourth-order valence-corrected chi connectivity index (χ4v) is 5.94. The summed E-state index contributed by atoms with van der Waals surface area (Å²) in [4.78, 5) is 25.1. The average Bonchev–Trinajstić information content (AvgIpc) is 3.50. The normalized spacial score (nSPS) is 20.7. The first-order valence-corrected chi connectivity index (χ1v) is 12.6. The quantitative estimate of drug-likeness (QED) is 0.496. The summed E-state index contributed by atoms with van der Waals surface area (Å²) in [5.74, 6) is -0.511. The van der Waals surface area contributed by atoms with Gasteiger partial charge in [-0.25, -0.2) is 9.59 Å². The molecule has 0 amide bonds. The number of hydrogen-bond acceptors (Lipinski definition) is 9. The second kappa shape index (κ2) is 10.5. The number of methoxy groups -OCH3 is 2. The average molecular weight is 522 g/mol. The zero-order chi connectivity index (χ0) is 25.2. The number of benzene rings is 1. The predicted molar refractivity (Wildman–Crippen MR) is 130 cm³/mol. The van der Waals surface area contributed by atoms with Gasteiger partial charge in [-0.3, -0.25) is 4.57 Å². The highest BCUT2D eigenvalue weighted by Crippen LogP contribution is 2.47. The van der Waals surface area contributed by atoms with E-state index < -0.39 is 17.5 Å². The van der Waals surface area contributed by atoms with Crippen molar-refractivity contribution in [1.82, 2.24) is 14.8 Å². The maximum atomic E-state index is 13.2. The minimum Gasteiger partial charge on any atom is -0.511 e. The van der Waals surface area contributed by atoms with Gasteiger partial charge in [-0.1, -0.05) is 30.5 Å². The lowest BCUT2D eigenvalue weighted by molar-refractivity contribution is -0.166. The van der Waals surface area contributed by atoms with Crippen molar-refractivity contribution in [1.29, 1.82) is 0 Å². The number of halogens is 1. The Hall–Kier alpha value is -2.72. The van der Waals surface area contributed by atoms with Gasteiger partial charge in [0.2, 0.25) is 5.82 Å². The van der Waals surface area contributed by atoms with Crippen molar-refractivity contribution in [2.45, 2.75) is 55.7 Å². The molecule has 2 heterocycles. The van der Waals surface area contributed by atoms with Crippen LogP contribution in [-0.2, 0) is 27.7 Å². The molecule has 11 heteroatoms. The Morgan fingerprint density at radius 2 is 2.06 bits per heavy atom. The number of thioether (sulfide) groups is 1. The Kier molecular flexibility index (Phi) is 7.61. The summed E-state index contributed by atoms with van der Waals surface area (Å²) in [6, 6.07) is 5.63. The molecular formula is C24H28ClN3O6S. The van der Waals surface area contributed by atoms with Crippen molar-refractivity contribution < 1.29 is 28.9 Å². The van der Waals surface area contributed by atoms with Crippen LogP contribution in [0.3, 0.4) is 0 Å². The molecule has 4 rings (SSSR count). The van der Waals surface area contributed by atoms with Crippen LogP contribution in [0.5, 0.6) is 5.75 Å². The van der Waals surface area contributed by atoms with Gasteiger partial charge < -0.3 is 19.3 Å². The van der Waals surface area contributed by atoms with E-state index in [1.807, 2.05) is 18.2 Å². The number of carbonyl (C=O) groups is 2. The Morgan fingerprint density at radius 1 is 1.31 bits per heavy atom. The highest BCUT2D eigenvalue weighted by atomic mass is 35.5. The second-order valence-electron chi connectivity index (χ2n) is 8.82. The van der Waals surface area contributed by atoms with Crippen LogP contribution in [0.1, 0.15) is 54.7 Å². The fraction of sp³-hybridized carbons (Fsp3) is 0.500. The zero-order valence-electron chi connectivity index (χ0n) is 19.9. The number of aromatic nitrogens is 3. The van der Waals surface area contributed by atoms with Crippen molar-refractivity contribution >= 4 is 35.3 Å². The minimum atomic E-state index is -0.800. The minimum absolute atomic E-state index is 0.00211. The standard InChI is InChI=1S/C24H28ClN3O6S/c1-28-20(22(31)33-3)26-27-23(28)35-19-17(29)13-24(34-21(19)30,15-6-4-5-7-15)11-10-14-8-9-18(32-2)16(25)12-14/h8-9,12,15,29H,4-7,10-11,13H2,1-3H3. The van der Waals surface area contributed by atoms with Crippen LogP contribution in [0.4, 0.5) is 0 Å². The molecule has 0 spiro atoms. The van der Waals surface area contributed by atoms with Crippen LogP contribution in [0.15, 0.2) is 34.0 Å². The van der Waals surface area contributed by atoms with Crippen LogP contribution >= 0.6 is 23.4 Å². The SMILES string of the molecule is COC(=O)c1nnc(SC2=C(O)CC(CCc3ccc(OC)c(Cl)c3)(C3CCCC3)OC2=O)n1C. The van der Waals surface area contributed by atoms with Crippen molar-refractivity contribution in [3.8, 4) is 5.75 Å². The molecule has 2 aromatic rings. The molecular weight excluding hydrogens is 494 g/mol. The monoisotopic (exact) mass is 521 g/mol. The first kappa shape index (κ1) is 25.4. The van der Waals surface area contributed by atoms with Gasteiger partial charge in [0.25, 0.3) is 0 Å². The number of aliphatic hydroxyl groups is 1. The number of aliphatic hydroxyl groups excluding tert-OH is 1. The van der Waals surface area contributed by atoms with Gasteiger partial charge in [0.05, 0.1) is 19.2 Å². The van der Waals surface area contributed by atoms with Crippen LogP contribution in [-0.4, -0.2) is 51.6 Å². The molecule has 0 saturated heterocycles.